The molecule has 134 valence electrons. The summed E-state index contributed by atoms with van der Waals surface area (Å²) in [4.78, 5) is 7.23. The van der Waals surface area contributed by atoms with E-state index in [4.69, 9.17) is 14.5 Å². The first kappa shape index (κ1) is 18.5. The monoisotopic (exact) mass is 334 g/mol. The van der Waals surface area contributed by atoms with Gasteiger partial charge in [0.25, 0.3) is 0 Å². The molecule has 1 aromatic carbocycles. The van der Waals surface area contributed by atoms with Crippen LogP contribution in [0.2, 0.25) is 0 Å². The summed E-state index contributed by atoms with van der Waals surface area (Å²) >= 11 is 0. The Bertz CT molecular complexity index is 490. The van der Waals surface area contributed by atoms with Crippen LogP contribution in [0.3, 0.4) is 0 Å². The van der Waals surface area contributed by atoms with E-state index in [-0.39, 0.29) is 6.04 Å². The van der Waals surface area contributed by atoms with E-state index in [0.717, 1.165) is 51.1 Å². The summed E-state index contributed by atoms with van der Waals surface area (Å²) in [7, 11) is 1.69. The lowest BCUT2D eigenvalue weighted by atomic mass is 10.0. The van der Waals surface area contributed by atoms with Gasteiger partial charge in [-0.25, -0.2) is 0 Å². The minimum absolute atomic E-state index is 0.243. The molecule has 1 atom stereocenters. The molecule has 1 aliphatic heterocycles. The number of methoxy groups -OCH3 is 1. The van der Waals surface area contributed by atoms with Crippen molar-refractivity contribution in [2.24, 2.45) is 4.99 Å². The van der Waals surface area contributed by atoms with Gasteiger partial charge in [0.05, 0.1) is 32.9 Å². The highest BCUT2D eigenvalue weighted by Gasteiger charge is 2.22. The molecule has 0 saturated carbocycles. The molecule has 0 aliphatic carbocycles. The number of benzene rings is 1. The lowest BCUT2D eigenvalue weighted by molar-refractivity contribution is 0.0179. The van der Waals surface area contributed by atoms with Gasteiger partial charge in [-0.1, -0.05) is 12.1 Å². The van der Waals surface area contributed by atoms with E-state index in [1.54, 1.807) is 7.11 Å². The van der Waals surface area contributed by atoms with Crippen molar-refractivity contribution in [1.29, 1.82) is 0 Å². The summed E-state index contributed by atoms with van der Waals surface area (Å²) in [5.41, 5.74) is 1.26. The first-order valence-electron chi connectivity index (χ1n) is 8.76. The second-order valence-corrected chi connectivity index (χ2v) is 5.69. The number of hydrogen-bond acceptors (Lipinski definition) is 4. The summed E-state index contributed by atoms with van der Waals surface area (Å²) in [6, 6.07) is 8.54. The molecule has 1 fully saturated rings. The Morgan fingerprint density at radius 2 is 1.79 bits per heavy atom. The lowest BCUT2D eigenvalue weighted by Crippen LogP contribution is -2.41. The van der Waals surface area contributed by atoms with Gasteiger partial charge in [-0.15, -0.1) is 0 Å². The topological polar surface area (TPSA) is 58.1 Å². The van der Waals surface area contributed by atoms with Gasteiger partial charge in [0.15, 0.2) is 5.96 Å². The molecular weight excluding hydrogens is 304 g/mol. The normalized spacial score (nSPS) is 16.3. The number of nitrogens with one attached hydrogen (secondary N) is 2. The van der Waals surface area contributed by atoms with E-state index in [9.17, 15) is 0 Å². The van der Waals surface area contributed by atoms with Crippen molar-refractivity contribution in [2.75, 3.05) is 53.0 Å². The van der Waals surface area contributed by atoms with Crippen molar-refractivity contribution < 1.29 is 9.47 Å². The quantitative estimate of drug-likeness (QED) is 0.586. The highest BCUT2D eigenvalue weighted by molar-refractivity contribution is 5.79. The Morgan fingerprint density at radius 1 is 1.17 bits per heavy atom. The number of nitrogens with zero attached hydrogens (tertiary/aromatic N) is 2. The molecule has 24 heavy (non-hydrogen) atoms. The Morgan fingerprint density at radius 3 is 2.33 bits per heavy atom. The van der Waals surface area contributed by atoms with Crippen molar-refractivity contribution in [3.8, 4) is 5.75 Å². The first-order valence-corrected chi connectivity index (χ1v) is 8.76. The summed E-state index contributed by atoms with van der Waals surface area (Å²) < 4.78 is 10.8. The van der Waals surface area contributed by atoms with E-state index in [2.05, 4.69) is 41.5 Å². The van der Waals surface area contributed by atoms with Crippen LogP contribution in [-0.4, -0.2) is 63.9 Å². The summed E-state index contributed by atoms with van der Waals surface area (Å²) in [6.45, 7) is 10.0. The zero-order chi connectivity index (χ0) is 17.2. The second kappa shape index (κ2) is 10.2. The number of guanidine groups is 1. The van der Waals surface area contributed by atoms with Gasteiger partial charge < -0.3 is 20.1 Å². The highest BCUT2D eigenvalue weighted by atomic mass is 16.5. The van der Waals surface area contributed by atoms with Crippen LogP contribution in [0.25, 0.3) is 0 Å². The van der Waals surface area contributed by atoms with Crippen LogP contribution in [0.15, 0.2) is 29.3 Å². The molecule has 1 unspecified atom stereocenters. The Balaban J connectivity index is 2.16. The van der Waals surface area contributed by atoms with Gasteiger partial charge in [0, 0.05) is 26.2 Å². The van der Waals surface area contributed by atoms with E-state index in [0.29, 0.717) is 6.54 Å². The first-order chi connectivity index (χ1) is 11.8. The molecule has 2 rings (SSSR count). The van der Waals surface area contributed by atoms with Gasteiger partial charge in [-0.05, 0) is 31.5 Å². The molecule has 1 saturated heterocycles. The number of morpholine rings is 1. The molecule has 1 heterocycles. The maximum Gasteiger partial charge on any atom is 0.191 e. The Hall–Kier alpha value is -1.79. The summed E-state index contributed by atoms with van der Waals surface area (Å²) in [5.74, 6) is 1.75. The van der Waals surface area contributed by atoms with Crippen LogP contribution in [0.5, 0.6) is 5.75 Å². The standard InChI is InChI=1S/C18H30N4O2/c1-4-19-18(20-5-2)21-14-17(22-10-12-24-13-11-22)15-6-8-16(23-3)9-7-15/h6-9,17H,4-5,10-14H2,1-3H3,(H2,19,20,21). The molecule has 0 radical (unpaired) electrons. The molecule has 1 aromatic rings. The third-order valence-electron chi connectivity index (χ3n) is 4.10. The fourth-order valence-corrected chi connectivity index (χ4v) is 2.83. The molecule has 0 spiro atoms. The van der Waals surface area contributed by atoms with Crippen LogP contribution >= 0.6 is 0 Å². The maximum absolute atomic E-state index is 5.50. The Labute approximate surface area is 145 Å². The van der Waals surface area contributed by atoms with Crippen molar-refractivity contribution in [3.05, 3.63) is 29.8 Å². The smallest absolute Gasteiger partial charge is 0.191 e. The van der Waals surface area contributed by atoms with Gasteiger partial charge in [-0.3, -0.25) is 9.89 Å². The number of hydrogen-bond donors (Lipinski definition) is 2. The number of ether oxygens (including phenoxy) is 2. The third kappa shape index (κ3) is 5.39. The average Bonchev–Trinajstić information content (AvgIpc) is 2.63. The minimum Gasteiger partial charge on any atom is -0.497 e. The maximum atomic E-state index is 5.50. The average molecular weight is 334 g/mol. The van der Waals surface area contributed by atoms with E-state index in [1.165, 1.54) is 5.56 Å². The van der Waals surface area contributed by atoms with Crippen LogP contribution in [0.1, 0.15) is 25.5 Å². The van der Waals surface area contributed by atoms with Gasteiger partial charge >= 0.3 is 0 Å². The van der Waals surface area contributed by atoms with Crippen molar-refractivity contribution >= 4 is 5.96 Å². The fourth-order valence-electron chi connectivity index (χ4n) is 2.83. The molecule has 6 heteroatoms. The predicted molar refractivity (Wildman–Crippen MR) is 97.8 cm³/mol. The fraction of sp³-hybridized carbons (Fsp3) is 0.611. The number of rotatable bonds is 7. The summed E-state index contributed by atoms with van der Waals surface area (Å²) in [6.07, 6.45) is 0. The van der Waals surface area contributed by atoms with Gasteiger partial charge in [-0.2, -0.15) is 0 Å². The van der Waals surface area contributed by atoms with Crippen LogP contribution in [0, 0.1) is 0 Å². The predicted octanol–water partition coefficient (Wildman–Crippen LogP) is 1.64. The number of aliphatic imine (C=N–C) groups is 1. The molecule has 0 bridgehead atoms. The Kier molecular flexibility index (Phi) is 7.85. The van der Waals surface area contributed by atoms with E-state index in [1.807, 2.05) is 12.1 Å². The minimum atomic E-state index is 0.243. The molecule has 0 aromatic heterocycles. The zero-order valence-electron chi connectivity index (χ0n) is 15.0. The van der Waals surface area contributed by atoms with E-state index < -0.39 is 0 Å². The molecule has 6 nitrogen and oxygen atoms in total. The zero-order valence-corrected chi connectivity index (χ0v) is 15.0. The second-order valence-electron chi connectivity index (χ2n) is 5.69. The van der Waals surface area contributed by atoms with Crippen LogP contribution in [0.4, 0.5) is 0 Å². The molecule has 2 N–H and O–H groups in total. The largest absolute Gasteiger partial charge is 0.497 e. The summed E-state index contributed by atoms with van der Waals surface area (Å²) in [5, 5.41) is 6.57. The van der Waals surface area contributed by atoms with Crippen LogP contribution in [-0.2, 0) is 4.74 Å². The lowest BCUT2D eigenvalue weighted by Gasteiger charge is -2.34. The van der Waals surface area contributed by atoms with Crippen molar-refractivity contribution in [3.63, 3.8) is 0 Å². The van der Waals surface area contributed by atoms with Crippen LogP contribution < -0.4 is 15.4 Å². The third-order valence-corrected chi connectivity index (χ3v) is 4.10. The van der Waals surface area contributed by atoms with Gasteiger partial charge in [0.2, 0.25) is 0 Å². The molecule has 1 aliphatic rings. The molecular formula is C18H30N4O2. The van der Waals surface area contributed by atoms with Crippen molar-refractivity contribution in [2.45, 2.75) is 19.9 Å². The van der Waals surface area contributed by atoms with Crippen molar-refractivity contribution in [1.82, 2.24) is 15.5 Å². The van der Waals surface area contributed by atoms with Gasteiger partial charge in [0.1, 0.15) is 5.75 Å². The van der Waals surface area contributed by atoms with E-state index >= 15 is 0 Å². The molecule has 0 amide bonds. The highest BCUT2D eigenvalue weighted by Crippen LogP contribution is 2.24. The SMILES string of the molecule is CCNC(=NCC(c1ccc(OC)cc1)N1CCOCC1)NCC.